The van der Waals surface area contributed by atoms with Gasteiger partial charge < -0.3 is 5.11 Å². The van der Waals surface area contributed by atoms with Crippen LogP contribution in [0.15, 0.2) is 30.8 Å². The van der Waals surface area contributed by atoms with Crippen LogP contribution in [-0.4, -0.2) is 11.1 Å². The molecule has 13 heavy (non-hydrogen) atoms. The molecular formula is C11H8O2. The van der Waals surface area contributed by atoms with Crippen molar-refractivity contribution in [3.05, 3.63) is 42.0 Å². The predicted octanol–water partition coefficient (Wildman–Crippen LogP) is 1.77. The van der Waals surface area contributed by atoms with E-state index in [1.807, 2.05) is 0 Å². The number of aliphatic carboxylic acids is 1. The van der Waals surface area contributed by atoms with Crippen LogP contribution in [0, 0.1) is 12.3 Å². The molecule has 0 unspecified atom stereocenters. The molecule has 0 spiro atoms. The molecule has 0 aliphatic heterocycles. The van der Waals surface area contributed by atoms with Gasteiger partial charge in [0.15, 0.2) is 0 Å². The lowest BCUT2D eigenvalue weighted by Crippen LogP contribution is -1.97. The molecule has 0 radical (unpaired) electrons. The van der Waals surface area contributed by atoms with Gasteiger partial charge in [-0.3, -0.25) is 0 Å². The molecule has 0 bridgehead atoms. The van der Waals surface area contributed by atoms with Crippen molar-refractivity contribution in [2.75, 3.05) is 0 Å². The summed E-state index contributed by atoms with van der Waals surface area (Å²) in [5.41, 5.74) is 1.25. The van der Waals surface area contributed by atoms with Gasteiger partial charge in [0.2, 0.25) is 0 Å². The molecule has 0 saturated heterocycles. The first kappa shape index (κ1) is 9.08. The average molecular weight is 172 g/mol. The van der Waals surface area contributed by atoms with E-state index in [9.17, 15) is 4.79 Å². The molecule has 0 amide bonds. The Morgan fingerprint density at radius 1 is 1.54 bits per heavy atom. The van der Waals surface area contributed by atoms with E-state index in [4.69, 9.17) is 11.5 Å². The van der Waals surface area contributed by atoms with Gasteiger partial charge in [-0.25, -0.2) is 4.79 Å². The van der Waals surface area contributed by atoms with E-state index >= 15 is 0 Å². The van der Waals surface area contributed by atoms with Gasteiger partial charge in [0.25, 0.3) is 0 Å². The number of rotatable bonds is 2. The van der Waals surface area contributed by atoms with Gasteiger partial charge in [-0.05, 0) is 17.7 Å². The highest BCUT2D eigenvalue weighted by Crippen LogP contribution is 2.13. The maximum Gasteiger partial charge on any atom is 0.335 e. The van der Waals surface area contributed by atoms with E-state index < -0.39 is 5.97 Å². The fourth-order valence-electron chi connectivity index (χ4n) is 0.920. The zero-order chi connectivity index (χ0) is 9.84. The van der Waals surface area contributed by atoms with Gasteiger partial charge in [0.1, 0.15) is 0 Å². The molecule has 0 fully saturated rings. The topological polar surface area (TPSA) is 37.3 Å². The maximum atomic E-state index is 10.5. The molecule has 0 saturated carbocycles. The average Bonchev–Trinajstić information content (AvgIpc) is 2.16. The molecule has 0 aliphatic carbocycles. The molecule has 1 rings (SSSR count). The summed E-state index contributed by atoms with van der Waals surface area (Å²) >= 11 is 0. The van der Waals surface area contributed by atoms with Crippen LogP contribution in [-0.2, 0) is 4.79 Å². The lowest BCUT2D eigenvalue weighted by Gasteiger charge is -2.00. The lowest BCUT2D eigenvalue weighted by molar-refractivity contribution is -0.130. The summed E-state index contributed by atoms with van der Waals surface area (Å²) in [6.45, 7) is 3.43. The number of carboxylic acid groups (broad SMARTS) is 1. The first-order valence-electron chi connectivity index (χ1n) is 3.64. The van der Waals surface area contributed by atoms with E-state index in [2.05, 4.69) is 12.5 Å². The minimum atomic E-state index is -1.03. The molecule has 0 heterocycles. The Morgan fingerprint density at radius 3 is 2.77 bits per heavy atom. The summed E-state index contributed by atoms with van der Waals surface area (Å²) in [5, 5.41) is 8.65. The van der Waals surface area contributed by atoms with E-state index in [-0.39, 0.29) is 5.57 Å². The number of hydrogen-bond donors (Lipinski definition) is 1. The molecule has 1 aromatic rings. The van der Waals surface area contributed by atoms with Crippen molar-refractivity contribution in [2.45, 2.75) is 0 Å². The molecule has 2 nitrogen and oxygen atoms in total. The quantitative estimate of drug-likeness (QED) is 0.545. The van der Waals surface area contributed by atoms with Gasteiger partial charge in [-0.2, -0.15) is 0 Å². The normalized spacial score (nSPS) is 8.85. The summed E-state index contributed by atoms with van der Waals surface area (Å²) in [7, 11) is 0. The fraction of sp³-hybridized carbons (Fsp3) is 0. The Balaban J connectivity index is 3.11. The largest absolute Gasteiger partial charge is 0.478 e. The predicted molar refractivity (Wildman–Crippen MR) is 51.0 cm³/mol. The minimum absolute atomic E-state index is 0.0529. The maximum absolute atomic E-state index is 10.5. The van der Waals surface area contributed by atoms with Crippen LogP contribution in [0.2, 0.25) is 0 Å². The van der Waals surface area contributed by atoms with Crippen LogP contribution >= 0.6 is 0 Å². The Kier molecular flexibility index (Phi) is 2.51. The standard InChI is InChI=1S/C11H8O2/c1-3-9-5-4-6-10(7-9)8(2)11(12)13/h1,4-7H,2H2,(H,12,13). The zero-order valence-electron chi connectivity index (χ0n) is 6.95. The van der Waals surface area contributed by atoms with Crippen LogP contribution in [0.5, 0.6) is 0 Å². The highest BCUT2D eigenvalue weighted by molar-refractivity contribution is 6.14. The Hall–Kier alpha value is -2.01. The summed E-state index contributed by atoms with van der Waals surface area (Å²) < 4.78 is 0. The van der Waals surface area contributed by atoms with Crippen molar-refractivity contribution in [1.29, 1.82) is 0 Å². The third-order valence-electron chi connectivity index (χ3n) is 1.64. The molecule has 0 aliphatic rings. The highest BCUT2D eigenvalue weighted by atomic mass is 16.4. The van der Waals surface area contributed by atoms with E-state index in [1.54, 1.807) is 24.3 Å². The Morgan fingerprint density at radius 2 is 2.23 bits per heavy atom. The fourth-order valence-corrected chi connectivity index (χ4v) is 0.920. The summed E-state index contributed by atoms with van der Waals surface area (Å²) in [6.07, 6.45) is 5.17. The molecule has 2 heteroatoms. The zero-order valence-corrected chi connectivity index (χ0v) is 6.95. The van der Waals surface area contributed by atoms with E-state index in [1.165, 1.54) is 0 Å². The number of benzene rings is 1. The molecule has 0 atom stereocenters. The van der Waals surface area contributed by atoms with E-state index in [0.29, 0.717) is 11.1 Å². The van der Waals surface area contributed by atoms with Crippen molar-refractivity contribution >= 4 is 11.5 Å². The molecule has 1 N–H and O–H groups in total. The lowest BCUT2D eigenvalue weighted by atomic mass is 10.1. The Bertz CT molecular complexity index is 397. The van der Waals surface area contributed by atoms with Gasteiger partial charge in [-0.1, -0.05) is 24.6 Å². The molecule has 64 valence electrons. The van der Waals surface area contributed by atoms with Gasteiger partial charge >= 0.3 is 5.97 Å². The highest BCUT2D eigenvalue weighted by Gasteiger charge is 2.06. The number of terminal acetylenes is 1. The third-order valence-corrected chi connectivity index (χ3v) is 1.64. The van der Waals surface area contributed by atoms with E-state index in [0.717, 1.165) is 0 Å². The number of carboxylic acids is 1. The van der Waals surface area contributed by atoms with Crippen molar-refractivity contribution in [3.63, 3.8) is 0 Å². The van der Waals surface area contributed by atoms with Gasteiger partial charge in [0.05, 0.1) is 5.57 Å². The van der Waals surface area contributed by atoms with Crippen molar-refractivity contribution in [1.82, 2.24) is 0 Å². The van der Waals surface area contributed by atoms with Crippen LogP contribution in [0.3, 0.4) is 0 Å². The van der Waals surface area contributed by atoms with Crippen LogP contribution < -0.4 is 0 Å². The SMILES string of the molecule is C#Cc1cccc(C(=C)C(=O)O)c1. The summed E-state index contributed by atoms with van der Waals surface area (Å²) in [5.74, 6) is 1.39. The number of carbonyl (C=O) groups is 1. The van der Waals surface area contributed by atoms with Crippen molar-refractivity contribution < 1.29 is 9.90 Å². The van der Waals surface area contributed by atoms with Crippen molar-refractivity contribution in [2.24, 2.45) is 0 Å². The minimum Gasteiger partial charge on any atom is -0.478 e. The summed E-state index contributed by atoms with van der Waals surface area (Å²) in [6, 6.07) is 6.73. The molecule has 1 aromatic carbocycles. The monoisotopic (exact) mass is 172 g/mol. The smallest absolute Gasteiger partial charge is 0.335 e. The Labute approximate surface area is 76.5 Å². The van der Waals surface area contributed by atoms with Crippen LogP contribution in [0.1, 0.15) is 11.1 Å². The second-order valence-corrected chi connectivity index (χ2v) is 2.51. The summed E-state index contributed by atoms with van der Waals surface area (Å²) in [4.78, 5) is 10.5. The first-order chi connectivity index (χ1) is 6.15. The van der Waals surface area contributed by atoms with Gasteiger partial charge in [0, 0.05) is 5.56 Å². The third kappa shape index (κ3) is 1.97. The van der Waals surface area contributed by atoms with Gasteiger partial charge in [-0.15, -0.1) is 6.42 Å². The van der Waals surface area contributed by atoms with Crippen molar-refractivity contribution in [3.8, 4) is 12.3 Å². The van der Waals surface area contributed by atoms with Crippen LogP contribution in [0.25, 0.3) is 5.57 Å². The number of hydrogen-bond acceptors (Lipinski definition) is 1. The van der Waals surface area contributed by atoms with Crippen LogP contribution in [0.4, 0.5) is 0 Å². The first-order valence-corrected chi connectivity index (χ1v) is 3.64. The molecule has 0 aromatic heterocycles. The second kappa shape index (κ2) is 3.59. The second-order valence-electron chi connectivity index (χ2n) is 2.51. The molecular weight excluding hydrogens is 164 g/mol.